The molecule has 1 N–H and O–H groups in total. The fourth-order valence-corrected chi connectivity index (χ4v) is 2.09. The SMILES string of the molecule is C[C@H](NC(=S)S)[C@H](OC(=S)S)c1ccccc1. The first-order chi connectivity index (χ1) is 8.00. The lowest BCUT2D eigenvalue weighted by Gasteiger charge is -2.25. The summed E-state index contributed by atoms with van der Waals surface area (Å²) in [5.41, 5.74) is 1.01. The number of thiocarbonyl (C=S) groups is 2. The fraction of sp³-hybridized carbons (Fsp3) is 0.273. The lowest BCUT2D eigenvalue weighted by atomic mass is 10.0. The minimum atomic E-state index is -0.244. The van der Waals surface area contributed by atoms with E-state index in [9.17, 15) is 0 Å². The number of hydrogen-bond donors (Lipinski definition) is 3. The Morgan fingerprint density at radius 2 is 1.82 bits per heavy atom. The van der Waals surface area contributed by atoms with Crippen molar-refractivity contribution in [2.24, 2.45) is 0 Å². The van der Waals surface area contributed by atoms with Gasteiger partial charge < -0.3 is 10.1 Å². The van der Waals surface area contributed by atoms with Gasteiger partial charge in [0.15, 0.2) is 0 Å². The van der Waals surface area contributed by atoms with E-state index in [1.165, 1.54) is 0 Å². The van der Waals surface area contributed by atoms with E-state index in [1.807, 2.05) is 37.3 Å². The van der Waals surface area contributed by atoms with Gasteiger partial charge in [0.05, 0.1) is 6.04 Å². The molecule has 0 aromatic heterocycles. The highest BCUT2D eigenvalue weighted by Gasteiger charge is 2.21. The molecule has 0 saturated carbocycles. The summed E-state index contributed by atoms with van der Waals surface area (Å²) in [6, 6.07) is 9.72. The van der Waals surface area contributed by atoms with Crippen LogP contribution in [0.3, 0.4) is 0 Å². The topological polar surface area (TPSA) is 21.3 Å². The second-order valence-corrected chi connectivity index (χ2v) is 5.69. The van der Waals surface area contributed by atoms with Gasteiger partial charge in [0, 0.05) is 0 Å². The number of nitrogens with one attached hydrogen (secondary N) is 1. The number of benzene rings is 1. The van der Waals surface area contributed by atoms with Crippen LogP contribution in [0.15, 0.2) is 30.3 Å². The molecule has 0 bridgehead atoms. The zero-order valence-corrected chi connectivity index (χ0v) is 12.6. The highest BCUT2D eigenvalue weighted by Crippen LogP contribution is 2.22. The number of rotatable bonds is 4. The first-order valence-electron chi connectivity index (χ1n) is 4.94. The van der Waals surface area contributed by atoms with Crippen molar-refractivity contribution in [2.45, 2.75) is 19.1 Å². The number of thiol groups is 2. The molecule has 0 aliphatic rings. The molecule has 0 amide bonds. The van der Waals surface area contributed by atoms with E-state index in [0.717, 1.165) is 5.56 Å². The van der Waals surface area contributed by atoms with Crippen LogP contribution in [-0.4, -0.2) is 14.7 Å². The largest absolute Gasteiger partial charge is 0.468 e. The van der Waals surface area contributed by atoms with Crippen LogP contribution in [0.5, 0.6) is 0 Å². The molecule has 0 unspecified atom stereocenters. The normalized spacial score (nSPS) is 13.6. The molecular weight excluding hydrogens is 290 g/mol. The first kappa shape index (κ1) is 14.8. The molecule has 2 nitrogen and oxygen atoms in total. The first-order valence-corrected chi connectivity index (χ1v) is 6.65. The summed E-state index contributed by atoms with van der Waals surface area (Å²) < 4.78 is 6.17. The molecule has 92 valence electrons. The van der Waals surface area contributed by atoms with Gasteiger partial charge in [-0.25, -0.2) is 0 Å². The predicted octanol–water partition coefficient (Wildman–Crippen LogP) is 3.15. The second kappa shape index (κ2) is 7.20. The molecule has 0 radical (unpaired) electrons. The van der Waals surface area contributed by atoms with Crippen LogP contribution in [-0.2, 0) is 4.74 Å². The molecule has 0 fully saturated rings. The lowest BCUT2D eigenvalue weighted by Crippen LogP contribution is -2.35. The van der Waals surface area contributed by atoms with Crippen LogP contribution >= 0.6 is 49.7 Å². The van der Waals surface area contributed by atoms with Gasteiger partial charge in [0.1, 0.15) is 10.4 Å². The van der Waals surface area contributed by atoms with Crippen LogP contribution in [0.25, 0.3) is 0 Å². The molecule has 17 heavy (non-hydrogen) atoms. The average molecular weight is 303 g/mol. The molecule has 0 aliphatic carbocycles. The van der Waals surface area contributed by atoms with Crippen molar-refractivity contribution in [1.82, 2.24) is 5.32 Å². The Labute approximate surface area is 123 Å². The maximum atomic E-state index is 5.54. The summed E-state index contributed by atoms with van der Waals surface area (Å²) >= 11 is 17.8. The van der Waals surface area contributed by atoms with Gasteiger partial charge in [-0.05, 0) is 24.7 Å². The molecule has 0 saturated heterocycles. The highest BCUT2D eigenvalue weighted by molar-refractivity contribution is 8.11. The van der Waals surface area contributed by atoms with E-state index >= 15 is 0 Å². The predicted molar refractivity (Wildman–Crippen MR) is 86.0 cm³/mol. The maximum Gasteiger partial charge on any atom is 0.217 e. The fourth-order valence-electron chi connectivity index (χ4n) is 1.48. The van der Waals surface area contributed by atoms with Crippen molar-refractivity contribution in [3.63, 3.8) is 0 Å². The van der Waals surface area contributed by atoms with Crippen molar-refractivity contribution in [1.29, 1.82) is 0 Å². The summed E-state index contributed by atoms with van der Waals surface area (Å²) in [5.74, 6) is 0. The second-order valence-electron chi connectivity index (χ2n) is 3.45. The molecule has 6 heteroatoms. The molecule has 2 atom stereocenters. The van der Waals surface area contributed by atoms with E-state index < -0.39 is 0 Å². The Kier molecular flexibility index (Phi) is 6.26. The Morgan fingerprint density at radius 1 is 1.24 bits per heavy atom. The van der Waals surface area contributed by atoms with Crippen molar-refractivity contribution >= 4 is 58.4 Å². The minimum Gasteiger partial charge on any atom is -0.468 e. The van der Waals surface area contributed by atoms with Gasteiger partial charge >= 0.3 is 0 Å². The third-order valence-electron chi connectivity index (χ3n) is 2.16. The monoisotopic (exact) mass is 303 g/mol. The zero-order chi connectivity index (χ0) is 12.8. The quantitative estimate of drug-likeness (QED) is 0.587. The summed E-state index contributed by atoms with van der Waals surface area (Å²) in [5, 5.41) is 3.02. The van der Waals surface area contributed by atoms with E-state index in [4.69, 9.17) is 29.2 Å². The Balaban J connectivity index is 2.87. The van der Waals surface area contributed by atoms with Crippen LogP contribution in [0, 0.1) is 0 Å². The van der Waals surface area contributed by atoms with Crippen molar-refractivity contribution in [3.05, 3.63) is 35.9 Å². The van der Waals surface area contributed by atoms with Crippen LogP contribution < -0.4 is 5.32 Å². The van der Waals surface area contributed by atoms with Gasteiger partial charge in [-0.1, -0.05) is 55.2 Å². The Bertz CT molecular complexity index is 396. The summed E-state index contributed by atoms with van der Waals surface area (Å²) in [7, 11) is 0. The molecule has 1 aromatic carbocycles. The van der Waals surface area contributed by atoms with Crippen LogP contribution in [0.1, 0.15) is 18.6 Å². The van der Waals surface area contributed by atoms with E-state index in [-0.39, 0.29) is 16.5 Å². The average Bonchev–Trinajstić information content (AvgIpc) is 2.25. The Morgan fingerprint density at radius 3 is 2.29 bits per heavy atom. The van der Waals surface area contributed by atoms with Crippen LogP contribution in [0.2, 0.25) is 0 Å². The van der Waals surface area contributed by atoms with Crippen LogP contribution in [0.4, 0.5) is 0 Å². The molecule has 0 aliphatic heterocycles. The third kappa shape index (κ3) is 5.25. The lowest BCUT2D eigenvalue weighted by molar-refractivity contribution is 0.171. The molecular formula is C11H13NOS4. The van der Waals surface area contributed by atoms with Crippen molar-refractivity contribution < 1.29 is 4.74 Å². The molecule has 0 heterocycles. The number of hydrogen-bond acceptors (Lipinski definition) is 3. The highest BCUT2D eigenvalue weighted by atomic mass is 32.1. The van der Waals surface area contributed by atoms with E-state index in [1.54, 1.807) is 0 Å². The standard InChI is InChI=1S/C11H13NOS4/c1-7(12-10(14)15)9(13-11(16)17)8-5-3-2-4-6-8/h2-7,9H,1H3,(H,16,17)(H2,12,14,15)/t7-,9-/m0/s1. The summed E-state index contributed by atoms with van der Waals surface area (Å²) in [4.78, 5) is 0. The van der Waals surface area contributed by atoms with Gasteiger partial charge in [-0.3, -0.25) is 0 Å². The van der Waals surface area contributed by atoms with Gasteiger partial charge in [0.25, 0.3) is 0 Å². The molecule has 1 rings (SSSR count). The van der Waals surface area contributed by atoms with E-state index in [2.05, 4.69) is 30.6 Å². The number of ether oxygens (including phenoxy) is 1. The molecule has 1 aromatic rings. The van der Waals surface area contributed by atoms with Crippen molar-refractivity contribution in [3.8, 4) is 0 Å². The third-order valence-corrected chi connectivity index (χ3v) is 2.61. The van der Waals surface area contributed by atoms with Gasteiger partial charge in [-0.15, -0.1) is 12.6 Å². The maximum absolute atomic E-state index is 5.54. The molecule has 0 spiro atoms. The van der Waals surface area contributed by atoms with Gasteiger partial charge in [0.2, 0.25) is 4.38 Å². The zero-order valence-electron chi connectivity index (χ0n) is 9.16. The Hall–Kier alpha value is -0.300. The minimum absolute atomic E-state index is 0.0486. The summed E-state index contributed by atoms with van der Waals surface area (Å²) in [6.07, 6.45) is -0.244. The smallest absolute Gasteiger partial charge is 0.217 e. The van der Waals surface area contributed by atoms with Crippen molar-refractivity contribution in [2.75, 3.05) is 0 Å². The van der Waals surface area contributed by atoms with Gasteiger partial charge in [-0.2, -0.15) is 0 Å². The summed E-state index contributed by atoms with van der Waals surface area (Å²) in [6.45, 7) is 1.95. The van der Waals surface area contributed by atoms with E-state index in [0.29, 0.717) is 4.32 Å².